The van der Waals surface area contributed by atoms with Crippen molar-refractivity contribution < 1.29 is 23.9 Å². The number of nitrogens with two attached hydrogens (primary N) is 1. The third kappa shape index (κ3) is 9.16. The Balaban J connectivity index is 2.59. The number of primary amides is 1. The zero-order valence-electron chi connectivity index (χ0n) is 24.2. The Hall–Kier alpha value is -4.32. The van der Waals surface area contributed by atoms with E-state index in [1.54, 1.807) is 45.0 Å². The van der Waals surface area contributed by atoms with Gasteiger partial charge in [0.25, 0.3) is 5.91 Å². The molecule has 9 heteroatoms. The van der Waals surface area contributed by atoms with Crippen LogP contribution in [-0.2, 0) is 19.1 Å². The number of terminal acetylenes is 1. The molecule has 0 aliphatic heterocycles. The molecule has 9 nitrogen and oxygen atoms in total. The predicted molar refractivity (Wildman–Crippen MR) is 155 cm³/mol. The first-order valence-electron chi connectivity index (χ1n) is 13.3. The monoisotopic (exact) mass is 548 g/mol. The van der Waals surface area contributed by atoms with E-state index in [1.165, 1.54) is 4.90 Å². The van der Waals surface area contributed by atoms with Gasteiger partial charge in [-0.15, -0.1) is 6.42 Å². The number of hydrogen-bond donors (Lipinski definition) is 3. The summed E-state index contributed by atoms with van der Waals surface area (Å²) >= 11 is 0. The lowest BCUT2D eigenvalue weighted by Crippen LogP contribution is -2.53. The average molecular weight is 549 g/mol. The molecule has 2 aromatic rings. The Bertz CT molecular complexity index is 1240. The number of aryl methyl sites for hydroxylation is 2. The SMILES string of the molecule is C#Cc1ccc(C(C(=O)Nc2c(C)cccc2C)N(CCCC)C(=O)C(CC(N)=O)NC(=O)OC(C)(C)C)cc1. The zero-order chi connectivity index (χ0) is 30.0. The summed E-state index contributed by atoms with van der Waals surface area (Å²) in [7, 11) is 0. The normalized spacial score (nSPS) is 12.4. The maximum atomic E-state index is 14.1. The van der Waals surface area contributed by atoms with Crippen molar-refractivity contribution in [1.82, 2.24) is 10.2 Å². The first kappa shape index (κ1) is 31.9. The van der Waals surface area contributed by atoms with Crippen LogP contribution >= 0.6 is 0 Å². The van der Waals surface area contributed by atoms with Crippen LogP contribution in [0.5, 0.6) is 0 Å². The Labute approximate surface area is 236 Å². The fraction of sp³-hybridized carbons (Fsp3) is 0.419. The summed E-state index contributed by atoms with van der Waals surface area (Å²) in [5.41, 5.74) is 8.10. The van der Waals surface area contributed by atoms with Crippen LogP contribution in [0.3, 0.4) is 0 Å². The van der Waals surface area contributed by atoms with E-state index in [9.17, 15) is 19.2 Å². The molecule has 2 aromatic carbocycles. The summed E-state index contributed by atoms with van der Waals surface area (Å²) in [5.74, 6) is 0.666. The van der Waals surface area contributed by atoms with E-state index in [1.807, 2.05) is 39.0 Å². The summed E-state index contributed by atoms with van der Waals surface area (Å²) < 4.78 is 5.31. The number of nitrogens with zero attached hydrogens (tertiary/aromatic N) is 1. The van der Waals surface area contributed by atoms with Gasteiger partial charge in [-0.25, -0.2) is 4.79 Å². The fourth-order valence-electron chi connectivity index (χ4n) is 4.18. The minimum Gasteiger partial charge on any atom is -0.444 e. The molecule has 0 spiro atoms. The summed E-state index contributed by atoms with van der Waals surface area (Å²) in [5, 5.41) is 5.47. The molecule has 2 atom stereocenters. The van der Waals surface area contributed by atoms with Crippen LogP contribution < -0.4 is 16.4 Å². The van der Waals surface area contributed by atoms with Crippen molar-refractivity contribution in [1.29, 1.82) is 0 Å². The van der Waals surface area contributed by atoms with Crippen molar-refractivity contribution in [2.24, 2.45) is 5.73 Å². The largest absolute Gasteiger partial charge is 0.444 e. The lowest BCUT2D eigenvalue weighted by Gasteiger charge is -2.34. The van der Waals surface area contributed by atoms with Gasteiger partial charge in [-0.1, -0.05) is 49.6 Å². The molecule has 0 fully saturated rings. The van der Waals surface area contributed by atoms with E-state index in [0.29, 0.717) is 23.2 Å². The average Bonchev–Trinajstić information content (AvgIpc) is 2.86. The summed E-state index contributed by atoms with van der Waals surface area (Å²) in [4.78, 5) is 54.0. The molecule has 0 saturated carbocycles. The van der Waals surface area contributed by atoms with Gasteiger partial charge < -0.3 is 26.0 Å². The maximum absolute atomic E-state index is 14.1. The van der Waals surface area contributed by atoms with Gasteiger partial charge in [-0.2, -0.15) is 0 Å². The van der Waals surface area contributed by atoms with E-state index in [0.717, 1.165) is 17.5 Å². The Morgan fingerprint density at radius 3 is 2.15 bits per heavy atom. The molecule has 0 bridgehead atoms. The number of hydrogen-bond acceptors (Lipinski definition) is 5. The molecule has 4 amide bonds. The first-order chi connectivity index (χ1) is 18.8. The van der Waals surface area contributed by atoms with E-state index < -0.39 is 47.9 Å². The van der Waals surface area contributed by atoms with Crippen molar-refractivity contribution >= 4 is 29.5 Å². The second-order valence-corrected chi connectivity index (χ2v) is 10.7. The molecule has 0 saturated heterocycles. The molecule has 0 aliphatic rings. The number of ether oxygens (including phenoxy) is 1. The highest BCUT2D eigenvalue weighted by molar-refractivity contribution is 6.00. The van der Waals surface area contributed by atoms with Crippen molar-refractivity contribution in [3.63, 3.8) is 0 Å². The molecule has 0 aliphatic carbocycles. The number of carbonyl (C=O) groups is 4. The number of nitrogens with one attached hydrogen (secondary N) is 2. The molecular weight excluding hydrogens is 508 g/mol. The van der Waals surface area contributed by atoms with E-state index in [4.69, 9.17) is 16.9 Å². The predicted octanol–water partition coefficient (Wildman–Crippen LogP) is 4.36. The van der Waals surface area contributed by atoms with Gasteiger partial charge in [0.05, 0.1) is 6.42 Å². The van der Waals surface area contributed by atoms with Gasteiger partial charge in [-0.05, 0) is 69.9 Å². The van der Waals surface area contributed by atoms with Crippen LogP contribution in [0.1, 0.15) is 75.3 Å². The topological polar surface area (TPSA) is 131 Å². The third-order valence-electron chi connectivity index (χ3n) is 6.11. The molecule has 2 rings (SSSR count). The number of rotatable bonds is 11. The first-order valence-corrected chi connectivity index (χ1v) is 13.3. The second kappa shape index (κ2) is 14.2. The van der Waals surface area contributed by atoms with Crippen molar-refractivity contribution in [2.75, 3.05) is 11.9 Å². The Morgan fingerprint density at radius 2 is 1.65 bits per heavy atom. The van der Waals surface area contributed by atoms with Crippen LogP contribution in [0, 0.1) is 26.2 Å². The van der Waals surface area contributed by atoms with Crippen LogP contribution in [-0.4, -0.2) is 46.9 Å². The smallest absolute Gasteiger partial charge is 0.408 e. The highest BCUT2D eigenvalue weighted by Gasteiger charge is 2.37. The summed E-state index contributed by atoms with van der Waals surface area (Å²) in [6.45, 7) is 10.9. The third-order valence-corrected chi connectivity index (χ3v) is 6.11. The van der Waals surface area contributed by atoms with Crippen LogP contribution in [0.15, 0.2) is 42.5 Å². The molecule has 0 heterocycles. The molecule has 0 aromatic heterocycles. The van der Waals surface area contributed by atoms with Gasteiger partial charge in [0, 0.05) is 17.8 Å². The summed E-state index contributed by atoms with van der Waals surface area (Å²) in [6.07, 6.45) is 5.48. The minimum atomic E-state index is -1.34. The maximum Gasteiger partial charge on any atom is 0.408 e. The van der Waals surface area contributed by atoms with Gasteiger partial charge in [0.15, 0.2) is 0 Å². The van der Waals surface area contributed by atoms with E-state index in [-0.39, 0.29) is 6.54 Å². The number of carbonyl (C=O) groups excluding carboxylic acids is 4. The quantitative estimate of drug-likeness (QED) is 0.359. The van der Waals surface area contributed by atoms with Crippen LogP contribution in [0.25, 0.3) is 0 Å². The molecule has 214 valence electrons. The number of alkyl carbamates (subject to hydrolysis) is 1. The Morgan fingerprint density at radius 1 is 1.05 bits per heavy atom. The van der Waals surface area contributed by atoms with Crippen LogP contribution in [0.2, 0.25) is 0 Å². The molecule has 4 N–H and O–H groups in total. The van der Waals surface area contributed by atoms with Crippen LogP contribution in [0.4, 0.5) is 10.5 Å². The van der Waals surface area contributed by atoms with E-state index in [2.05, 4.69) is 16.6 Å². The highest BCUT2D eigenvalue weighted by Crippen LogP contribution is 2.28. The molecule has 0 radical (unpaired) electrons. The number of para-hydroxylation sites is 1. The number of amides is 4. The standard InChI is InChI=1S/C31H40N4O5/c1-8-10-18-35(29(38)24(19-25(32)36)33-30(39)40-31(5,6)7)27(23-16-14-22(9-2)15-17-23)28(37)34-26-20(3)12-11-13-21(26)4/h2,11-17,24,27H,8,10,18-19H2,1,3-7H3,(H2,32,36)(H,33,39)(H,34,37). The van der Waals surface area contributed by atoms with Crippen molar-refractivity contribution in [3.05, 3.63) is 64.7 Å². The summed E-state index contributed by atoms with van der Waals surface area (Å²) in [6, 6.07) is 9.99. The molecule has 40 heavy (non-hydrogen) atoms. The lowest BCUT2D eigenvalue weighted by molar-refractivity contribution is -0.142. The van der Waals surface area contributed by atoms with Gasteiger partial charge in [0.2, 0.25) is 11.8 Å². The highest BCUT2D eigenvalue weighted by atomic mass is 16.6. The minimum absolute atomic E-state index is 0.183. The Kier molecular flexibility index (Phi) is 11.3. The molecular formula is C31H40N4O5. The van der Waals surface area contributed by atoms with E-state index >= 15 is 0 Å². The van der Waals surface area contributed by atoms with Gasteiger partial charge in [-0.3, -0.25) is 14.4 Å². The molecule has 2 unspecified atom stereocenters. The number of unbranched alkanes of at least 4 members (excludes halogenated alkanes) is 1. The van der Waals surface area contributed by atoms with Gasteiger partial charge in [0.1, 0.15) is 17.7 Å². The van der Waals surface area contributed by atoms with Crippen molar-refractivity contribution in [2.45, 2.75) is 78.5 Å². The lowest BCUT2D eigenvalue weighted by atomic mass is 9.99. The fourth-order valence-corrected chi connectivity index (χ4v) is 4.18. The number of anilines is 1. The van der Waals surface area contributed by atoms with Gasteiger partial charge >= 0.3 is 6.09 Å². The van der Waals surface area contributed by atoms with Crippen molar-refractivity contribution in [3.8, 4) is 12.3 Å². The zero-order valence-corrected chi connectivity index (χ0v) is 24.2. The number of benzene rings is 2. The second-order valence-electron chi connectivity index (χ2n) is 10.7.